The molecule has 0 atom stereocenters. The Bertz CT molecular complexity index is 845. The Morgan fingerprint density at radius 1 is 1.41 bits per heavy atom. The van der Waals surface area contributed by atoms with E-state index in [1.54, 1.807) is 13.2 Å². The third-order valence-corrected chi connectivity index (χ3v) is 5.48. The van der Waals surface area contributed by atoms with Crippen LogP contribution in [0.5, 0.6) is 0 Å². The quantitative estimate of drug-likeness (QED) is 0.915. The maximum absolute atomic E-state index is 12.7. The Kier molecular flexibility index (Phi) is 4.17. The zero-order valence-corrected chi connectivity index (χ0v) is 13.7. The van der Waals surface area contributed by atoms with E-state index in [1.807, 2.05) is 0 Å². The van der Waals surface area contributed by atoms with E-state index in [4.69, 9.17) is 16.7 Å². The first kappa shape index (κ1) is 16.3. The Morgan fingerprint density at radius 3 is 2.55 bits per heavy atom. The molecule has 0 aliphatic rings. The van der Waals surface area contributed by atoms with E-state index in [1.165, 1.54) is 30.8 Å². The number of aromatic nitrogens is 2. The molecule has 0 fully saturated rings. The average molecular weight is 344 g/mol. The van der Waals surface area contributed by atoms with Crippen molar-refractivity contribution in [2.24, 2.45) is 7.05 Å². The standard InChI is InChI=1S/C13H14ClN3O4S/c1-8-10(14)6-9(13(18)19)7-11(8)22(20,21)17(3)12-4-5-16(2)15-12/h4-7H,1-3H3,(H,18,19). The summed E-state index contributed by atoms with van der Waals surface area (Å²) >= 11 is 5.96. The van der Waals surface area contributed by atoms with Crippen LogP contribution in [-0.4, -0.2) is 36.3 Å². The lowest BCUT2D eigenvalue weighted by atomic mass is 10.1. The summed E-state index contributed by atoms with van der Waals surface area (Å²) in [5.74, 6) is -1.03. The van der Waals surface area contributed by atoms with E-state index >= 15 is 0 Å². The SMILES string of the molecule is Cc1c(Cl)cc(C(=O)O)cc1S(=O)(=O)N(C)c1ccn(C)n1. The molecule has 1 aromatic heterocycles. The van der Waals surface area contributed by atoms with E-state index in [-0.39, 0.29) is 26.9 Å². The van der Waals surface area contributed by atoms with Crippen LogP contribution in [-0.2, 0) is 17.1 Å². The van der Waals surface area contributed by atoms with Gasteiger partial charge >= 0.3 is 5.97 Å². The third kappa shape index (κ3) is 2.79. The van der Waals surface area contributed by atoms with Gasteiger partial charge in [0.1, 0.15) is 0 Å². The number of aromatic carboxylic acids is 1. The zero-order chi connectivity index (χ0) is 16.7. The lowest BCUT2D eigenvalue weighted by Gasteiger charge is -2.19. The van der Waals surface area contributed by atoms with Gasteiger partial charge in [0.2, 0.25) is 0 Å². The van der Waals surface area contributed by atoms with E-state index in [0.717, 1.165) is 10.4 Å². The number of anilines is 1. The fraction of sp³-hybridized carbons (Fsp3) is 0.231. The van der Waals surface area contributed by atoms with Gasteiger partial charge in [-0.15, -0.1) is 0 Å². The van der Waals surface area contributed by atoms with Gasteiger partial charge in [0.05, 0.1) is 10.5 Å². The zero-order valence-electron chi connectivity index (χ0n) is 12.1. The summed E-state index contributed by atoms with van der Waals surface area (Å²) in [6, 6.07) is 3.85. The first-order chi connectivity index (χ1) is 10.1. The van der Waals surface area contributed by atoms with Gasteiger partial charge in [-0.3, -0.25) is 8.99 Å². The molecule has 118 valence electrons. The van der Waals surface area contributed by atoms with Crippen molar-refractivity contribution in [3.63, 3.8) is 0 Å². The summed E-state index contributed by atoms with van der Waals surface area (Å²) in [5, 5.41) is 13.2. The average Bonchev–Trinajstić information content (AvgIpc) is 2.86. The van der Waals surface area contributed by atoms with Crippen LogP contribution in [0.3, 0.4) is 0 Å². The van der Waals surface area contributed by atoms with Gasteiger partial charge in [-0.05, 0) is 24.6 Å². The topological polar surface area (TPSA) is 92.5 Å². The van der Waals surface area contributed by atoms with Crippen LogP contribution in [0.1, 0.15) is 15.9 Å². The largest absolute Gasteiger partial charge is 0.478 e. The molecule has 0 amide bonds. The van der Waals surface area contributed by atoms with Gasteiger partial charge < -0.3 is 5.11 Å². The molecule has 0 saturated carbocycles. The van der Waals surface area contributed by atoms with Crippen molar-refractivity contribution < 1.29 is 18.3 Å². The minimum atomic E-state index is -3.98. The van der Waals surface area contributed by atoms with Crippen LogP contribution in [0.4, 0.5) is 5.82 Å². The van der Waals surface area contributed by atoms with Crippen molar-refractivity contribution in [2.75, 3.05) is 11.4 Å². The first-order valence-corrected chi connectivity index (χ1v) is 7.98. The molecule has 1 heterocycles. The molecule has 2 rings (SSSR count). The van der Waals surface area contributed by atoms with Crippen LogP contribution >= 0.6 is 11.6 Å². The molecule has 0 aliphatic carbocycles. The summed E-state index contributed by atoms with van der Waals surface area (Å²) in [4.78, 5) is 10.9. The Labute approximate surface area is 132 Å². The third-order valence-electron chi connectivity index (χ3n) is 3.20. The number of carboxylic acids is 1. The van der Waals surface area contributed by atoms with Crippen LogP contribution in [0.15, 0.2) is 29.3 Å². The number of rotatable bonds is 4. The second kappa shape index (κ2) is 5.62. The molecule has 2 aromatic rings. The van der Waals surface area contributed by atoms with Crippen molar-refractivity contribution in [1.82, 2.24) is 9.78 Å². The molecule has 0 radical (unpaired) electrons. The van der Waals surface area contributed by atoms with Crippen molar-refractivity contribution >= 4 is 33.4 Å². The number of hydrogen-bond acceptors (Lipinski definition) is 4. The van der Waals surface area contributed by atoms with Gasteiger partial charge in [-0.1, -0.05) is 11.6 Å². The highest BCUT2D eigenvalue weighted by Gasteiger charge is 2.27. The maximum atomic E-state index is 12.7. The van der Waals surface area contributed by atoms with Crippen molar-refractivity contribution in [3.05, 3.63) is 40.5 Å². The molecule has 0 saturated heterocycles. The van der Waals surface area contributed by atoms with Crippen LogP contribution < -0.4 is 4.31 Å². The molecule has 0 unspecified atom stereocenters. The van der Waals surface area contributed by atoms with Crippen LogP contribution in [0, 0.1) is 6.92 Å². The van der Waals surface area contributed by atoms with E-state index < -0.39 is 16.0 Å². The van der Waals surface area contributed by atoms with Gasteiger partial charge in [-0.2, -0.15) is 5.10 Å². The van der Waals surface area contributed by atoms with Gasteiger partial charge in [0.15, 0.2) is 5.82 Å². The molecule has 0 spiro atoms. The lowest BCUT2D eigenvalue weighted by molar-refractivity contribution is 0.0696. The first-order valence-electron chi connectivity index (χ1n) is 6.16. The highest BCUT2D eigenvalue weighted by Crippen LogP contribution is 2.29. The summed E-state index contributed by atoms with van der Waals surface area (Å²) in [5.41, 5.74) is 0.0954. The number of nitrogens with zero attached hydrogens (tertiary/aromatic N) is 3. The highest BCUT2D eigenvalue weighted by molar-refractivity contribution is 7.92. The number of sulfonamides is 1. The number of hydrogen-bond donors (Lipinski definition) is 1. The highest BCUT2D eigenvalue weighted by atomic mass is 35.5. The number of benzene rings is 1. The van der Waals surface area contributed by atoms with Crippen LogP contribution in [0.25, 0.3) is 0 Å². The fourth-order valence-corrected chi connectivity index (χ4v) is 3.57. The minimum absolute atomic E-state index is 0.0768. The summed E-state index contributed by atoms with van der Waals surface area (Å²) in [7, 11) is -0.969. The molecule has 1 N–H and O–H groups in total. The minimum Gasteiger partial charge on any atom is -0.478 e. The normalized spacial score (nSPS) is 11.5. The molecule has 22 heavy (non-hydrogen) atoms. The van der Waals surface area contributed by atoms with Crippen LogP contribution in [0.2, 0.25) is 5.02 Å². The van der Waals surface area contributed by atoms with Gasteiger partial charge in [0.25, 0.3) is 10.0 Å². The second-order valence-corrected chi connectivity index (χ2v) is 7.05. The molecule has 1 aromatic carbocycles. The summed E-state index contributed by atoms with van der Waals surface area (Å²) in [6.45, 7) is 1.52. The number of halogens is 1. The van der Waals surface area contributed by atoms with E-state index in [0.29, 0.717) is 0 Å². The van der Waals surface area contributed by atoms with E-state index in [2.05, 4.69) is 5.10 Å². The summed E-state index contributed by atoms with van der Waals surface area (Å²) < 4.78 is 27.9. The molecule has 9 heteroatoms. The number of carboxylic acid groups (broad SMARTS) is 1. The van der Waals surface area contributed by atoms with Gasteiger partial charge in [0, 0.05) is 31.4 Å². The molecule has 7 nitrogen and oxygen atoms in total. The predicted octanol–water partition coefficient (Wildman–Crippen LogP) is 1.91. The Hall–Kier alpha value is -2.06. The summed E-state index contributed by atoms with van der Waals surface area (Å²) in [6.07, 6.45) is 1.61. The predicted molar refractivity (Wildman–Crippen MR) is 81.9 cm³/mol. The maximum Gasteiger partial charge on any atom is 0.335 e. The lowest BCUT2D eigenvalue weighted by Crippen LogP contribution is -2.28. The monoisotopic (exact) mass is 343 g/mol. The fourth-order valence-electron chi connectivity index (χ4n) is 1.89. The molecular formula is C13H14ClN3O4S. The van der Waals surface area contributed by atoms with Crippen molar-refractivity contribution in [1.29, 1.82) is 0 Å². The number of aryl methyl sites for hydroxylation is 1. The Balaban J connectivity index is 2.60. The Morgan fingerprint density at radius 2 is 2.05 bits per heavy atom. The van der Waals surface area contributed by atoms with E-state index in [9.17, 15) is 13.2 Å². The second-order valence-electron chi connectivity index (χ2n) is 4.71. The number of carbonyl (C=O) groups is 1. The smallest absolute Gasteiger partial charge is 0.335 e. The molecule has 0 aliphatic heterocycles. The molecular weight excluding hydrogens is 330 g/mol. The molecule has 0 bridgehead atoms. The van der Waals surface area contributed by atoms with Crippen molar-refractivity contribution in [2.45, 2.75) is 11.8 Å². The van der Waals surface area contributed by atoms with Crippen molar-refractivity contribution in [3.8, 4) is 0 Å². The van der Waals surface area contributed by atoms with Gasteiger partial charge in [-0.25, -0.2) is 13.2 Å².